The molecular weight excluding hydrogens is 288 g/mol. The Bertz CT molecular complexity index is 333. The molecule has 2 nitrogen and oxygen atoms in total. The molecule has 0 bridgehead atoms. The minimum Gasteiger partial charge on any atom is -0.369 e. The predicted octanol–water partition coefficient (Wildman–Crippen LogP) is 4.06. The Morgan fingerprint density at radius 1 is 1.38 bits per heavy atom. The molecule has 1 aliphatic rings. The van der Waals surface area contributed by atoms with Crippen molar-refractivity contribution < 1.29 is 0 Å². The van der Waals surface area contributed by atoms with Crippen molar-refractivity contribution in [2.24, 2.45) is 5.41 Å². The lowest BCUT2D eigenvalue weighted by Gasteiger charge is -2.26. The zero-order valence-corrected chi connectivity index (χ0v) is 11.5. The molecule has 16 heavy (non-hydrogen) atoms. The van der Waals surface area contributed by atoms with E-state index in [2.05, 4.69) is 26.2 Å². The van der Waals surface area contributed by atoms with Crippen molar-refractivity contribution in [3.8, 4) is 0 Å². The van der Waals surface area contributed by atoms with E-state index in [1.54, 1.807) is 0 Å². The molecule has 1 aromatic rings. The van der Waals surface area contributed by atoms with Gasteiger partial charge in [0, 0.05) is 28.5 Å². The number of anilines is 1. The summed E-state index contributed by atoms with van der Waals surface area (Å²) in [6, 6.07) is 3.98. The van der Waals surface area contributed by atoms with Crippen molar-refractivity contribution in [2.75, 3.05) is 17.7 Å². The van der Waals surface area contributed by atoms with Crippen LogP contribution in [0.15, 0.2) is 22.8 Å². The highest BCUT2D eigenvalue weighted by molar-refractivity contribution is 9.10. The van der Waals surface area contributed by atoms with E-state index < -0.39 is 0 Å². The highest BCUT2D eigenvalue weighted by atomic mass is 79.9. The highest BCUT2D eigenvalue weighted by Crippen LogP contribution is 2.39. The molecule has 0 saturated heterocycles. The molecule has 0 aromatic carbocycles. The van der Waals surface area contributed by atoms with Crippen LogP contribution in [0.4, 0.5) is 5.82 Å². The first kappa shape index (κ1) is 12.2. The summed E-state index contributed by atoms with van der Waals surface area (Å²) in [6.07, 6.45) is 6.90. The standard InChI is InChI=1S/C12H16BrClN2/c13-10-3-4-11(15-7-10)16-9-12(8-14)5-1-2-6-12/h3-4,7H,1-2,5-6,8-9H2,(H,15,16). The first-order valence-electron chi connectivity index (χ1n) is 5.66. The zero-order valence-electron chi connectivity index (χ0n) is 9.18. The average molecular weight is 304 g/mol. The van der Waals surface area contributed by atoms with Gasteiger partial charge in [0.25, 0.3) is 0 Å². The number of hydrogen-bond acceptors (Lipinski definition) is 2. The first-order chi connectivity index (χ1) is 7.74. The molecule has 1 aromatic heterocycles. The molecule has 0 aliphatic heterocycles. The molecule has 88 valence electrons. The van der Waals surface area contributed by atoms with E-state index in [1.165, 1.54) is 25.7 Å². The summed E-state index contributed by atoms with van der Waals surface area (Å²) in [5.74, 6) is 1.68. The van der Waals surface area contributed by atoms with Crippen molar-refractivity contribution in [3.63, 3.8) is 0 Å². The normalized spacial score (nSPS) is 18.6. The molecule has 1 saturated carbocycles. The Hall–Kier alpha value is -0.280. The van der Waals surface area contributed by atoms with Gasteiger partial charge in [-0.25, -0.2) is 4.98 Å². The highest BCUT2D eigenvalue weighted by Gasteiger charge is 2.32. The fourth-order valence-corrected chi connectivity index (χ4v) is 2.84. The summed E-state index contributed by atoms with van der Waals surface area (Å²) in [6.45, 7) is 0.936. The Balaban J connectivity index is 1.93. The number of nitrogens with one attached hydrogen (secondary N) is 1. The Morgan fingerprint density at radius 3 is 2.69 bits per heavy atom. The maximum Gasteiger partial charge on any atom is 0.125 e. The van der Waals surface area contributed by atoms with Gasteiger partial charge in [-0.05, 0) is 40.9 Å². The van der Waals surface area contributed by atoms with Crippen LogP contribution < -0.4 is 5.32 Å². The van der Waals surface area contributed by atoms with Gasteiger partial charge in [0.15, 0.2) is 0 Å². The molecule has 1 heterocycles. The topological polar surface area (TPSA) is 24.9 Å². The molecule has 0 unspecified atom stereocenters. The van der Waals surface area contributed by atoms with E-state index in [0.29, 0.717) is 0 Å². The summed E-state index contributed by atoms with van der Waals surface area (Å²) >= 11 is 9.46. The number of hydrogen-bond donors (Lipinski definition) is 1. The second-order valence-corrected chi connectivity index (χ2v) is 5.74. The van der Waals surface area contributed by atoms with E-state index in [4.69, 9.17) is 11.6 Å². The quantitative estimate of drug-likeness (QED) is 0.849. The second kappa shape index (κ2) is 5.37. The molecule has 1 fully saturated rings. The molecule has 0 atom stereocenters. The molecule has 0 amide bonds. The van der Waals surface area contributed by atoms with Crippen molar-refractivity contribution >= 4 is 33.3 Å². The number of halogens is 2. The minimum absolute atomic E-state index is 0.288. The first-order valence-corrected chi connectivity index (χ1v) is 6.98. The van der Waals surface area contributed by atoms with Crippen LogP contribution in [-0.2, 0) is 0 Å². The maximum absolute atomic E-state index is 6.09. The van der Waals surface area contributed by atoms with Crippen LogP contribution in [0.1, 0.15) is 25.7 Å². The van der Waals surface area contributed by atoms with Crippen LogP contribution >= 0.6 is 27.5 Å². The maximum atomic E-state index is 6.09. The summed E-state index contributed by atoms with van der Waals surface area (Å²) in [7, 11) is 0. The molecule has 4 heteroatoms. The van der Waals surface area contributed by atoms with Crippen LogP contribution in [0.5, 0.6) is 0 Å². The fourth-order valence-electron chi connectivity index (χ4n) is 2.24. The Labute approximate surface area is 110 Å². The zero-order chi connectivity index (χ0) is 11.4. The van der Waals surface area contributed by atoms with Crippen LogP contribution in [0.3, 0.4) is 0 Å². The third-order valence-corrected chi connectivity index (χ3v) is 4.36. The monoisotopic (exact) mass is 302 g/mol. The summed E-state index contributed by atoms with van der Waals surface area (Å²) in [4.78, 5) is 4.30. The van der Waals surface area contributed by atoms with Gasteiger partial charge < -0.3 is 5.32 Å². The summed E-state index contributed by atoms with van der Waals surface area (Å²) in [5.41, 5.74) is 0.288. The Kier molecular flexibility index (Phi) is 4.09. The number of rotatable bonds is 4. The lowest BCUT2D eigenvalue weighted by Crippen LogP contribution is -2.28. The van der Waals surface area contributed by atoms with Gasteiger partial charge in [0.05, 0.1) is 0 Å². The van der Waals surface area contributed by atoms with Crippen molar-refractivity contribution in [3.05, 3.63) is 22.8 Å². The largest absolute Gasteiger partial charge is 0.369 e. The molecule has 0 spiro atoms. The third-order valence-electron chi connectivity index (χ3n) is 3.32. The smallest absolute Gasteiger partial charge is 0.125 e. The predicted molar refractivity (Wildman–Crippen MR) is 72.0 cm³/mol. The number of nitrogens with zero attached hydrogens (tertiary/aromatic N) is 1. The lowest BCUT2D eigenvalue weighted by atomic mass is 9.88. The van der Waals surface area contributed by atoms with E-state index in [0.717, 1.165) is 22.7 Å². The van der Waals surface area contributed by atoms with E-state index >= 15 is 0 Å². The molecule has 1 aliphatic carbocycles. The molecule has 1 N–H and O–H groups in total. The van der Waals surface area contributed by atoms with Gasteiger partial charge in [-0.2, -0.15) is 0 Å². The Morgan fingerprint density at radius 2 is 2.12 bits per heavy atom. The molecule has 2 rings (SSSR count). The SMILES string of the molecule is ClCC1(CNc2ccc(Br)cn2)CCCC1. The number of alkyl halides is 1. The third kappa shape index (κ3) is 2.89. The summed E-state index contributed by atoms with van der Waals surface area (Å²) < 4.78 is 1.01. The van der Waals surface area contributed by atoms with Gasteiger partial charge >= 0.3 is 0 Å². The van der Waals surface area contributed by atoms with Gasteiger partial charge in [0.1, 0.15) is 5.82 Å². The number of pyridine rings is 1. The van der Waals surface area contributed by atoms with Crippen molar-refractivity contribution in [1.29, 1.82) is 0 Å². The van der Waals surface area contributed by atoms with Gasteiger partial charge in [-0.3, -0.25) is 0 Å². The van der Waals surface area contributed by atoms with Crippen molar-refractivity contribution in [1.82, 2.24) is 4.98 Å². The van der Waals surface area contributed by atoms with Crippen LogP contribution in [0.2, 0.25) is 0 Å². The van der Waals surface area contributed by atoms with E-state index in [9.17, 15) is 0 Å². The fraction of sp³-hybridized carbons (Fsp3) is 0.583. The van der Waals surface area contributed by atoms with E-state index in [1.807, 2.05) is 18.3 Å². The lowest BCUT2D eigenvalue weighted by molar-refractivity contribution is 0.368. The summed E-state index contributed by atoms with van der Waals surface area (Å²) in [5, 5.41) is 3.39. The van der Waals surface area contributed by atoms with Gasteiger partial charge in [-0.1, -0.05) is 12.8 Å². The van der Waals surface area contributed by atoms with Crippen LogP contribution in [-0.4, -0.2) is 17.4 Å². The number of aromatic nitrogens is 1. The van der Waals surface area contributed by atoms with E-state index in [-0.39, 0.29) is 5.41 Å². The molecular formula is C12H16BrClN2. The second-order valence-electron chi connectivity index (χ2n) is 4.56. The van der Waals surface area contributed by atoms with Gasteiger partial charge in [-0.15, -0.1) is 11.6 Å². The van der Waals surface area contributed by atoms with Gasteiger partial charge in [0.2, 0.25) is 0 Å². The molecule has 0 radical (unpaired) electrons. The average Bonchev–Trinajstić information content (AvgIpc) is 2.78. The minimum atomic E-state index is 0.288. The van der Waals surface area contributed by atoms with Crippen LogP contribution in [0.25, 0.3) is 0 Å². The van der Waals surface area contributed by atoms with Crippen LogP contribution in [0, 0.1) is 5.41 Å². The van der Waals surface area contributed by atoms with Crippen molar-refractivity contribution in [2.45, 2.75) is 25.7 Å².